The summed E-state index contributed by atoms with van der Waals surface area (Å²) in [5, 5.41) is 0. The van der Waals surface area contributed by atoms with E-state index in [2.05, 4.69) is 0 Å². The second-order valence-corrected chi connectivity index (χ2v) is 4.98. The van der Waals surface area contributed by atoms with E-state index in [0.29, 0.717) is 12.6 Å². The molecule has 1 rings (SSSR count). The molecule has 1 unspecified atom stereocenters. The summed E-state index contributed by atoms with van der Waals surface area (Å²) in [5.41, 5.74) is 0. The monoisotopic (exact) mass is 245 g/mol. The Balaban J connectivity index is 2.25. The van der Waals surface area contributed by atoms with E-state index in [0.717, 1.165) is 17.9 Å². The Hall–Kier alpha value is -0.710. The number of hydrogen-bond acceptors (Lipinski definition) is 4. The number of esters is 1. The lowest BCUT2D eigenvalue weighted by Crippen LogP contribution is -2.37. The smallest absolute Gasteiger partial charge is 0.306 e. The highest BCUT2D eigenvalue weighted by molar-refractivity contribution is 7.99. The van der Waals surface area contributed by atoms with E-state index < -0.39 is 0 Å². The highest BCUT2D eigenvalue weighted by Gasteiger charge is 2.23. The van der Waals surface area contributed by atoms with Crippen molar-refractivity contribution in [3.05, 3.63) is 0 Å². The van der Waals surface area contributed by atoms with Crippen molar-refractivity contribution in [2.24, 2.45) is 0 Å². The standard InChI is InChI=1S/C11H19NO3S/c1-3-15-11(14)5-4-10(13)12(2)9-6-7-16-8-9/h9H,3-8H2,1-2H3. The normalized spacial score (nSPS) is 19.5. The van der Waals surface area contributed by atoms with Crippen LogP contribution in [-0.2, 0) is 14.3 Å². The fraction of sp³-hybridized carbons (Fsp3) is 0.818. The minimum Gasteiger partial charge on any atom is -0.466 e. The first-order valence-corrected chi connectivity index (χ1v) is 6.79. The van der Waals surface area contributed by atoms with Gasteiger partial charge in [-0.05, 0) is 19.1 Å². The van der Waals surface area contributed by atoms with E-state index in [1.807, 2.05) is 18.8 Å². The van der Waals surface area contributed by atoms with Gasteiger partial charge in [-0.2, -0.15) is 11.8 Å². The summed E-state index contributed by atoms with van der Waals surface area (Å²) in [6.45, 7) is 2.14. The molecule has 0 aliphatic carbocycles. The minimum atomic E-state index is -0.287. The van der Waals surface area contributed by atoms with Gasteiger partial charge in [0.25, 0.3) is 0 Å². The average molecular weight is 245 g/mol. The van der Waals surface area contributed by atoms with Crippen LogP contribution in [0, 0.1) is 0 Å². The molecule has 16 heavy (non-hydrogen) atoms. The predicted molar refractivity (Wildman–Crippen MR) is 64.4 cm³/mol. The number of hydrogen-bond donors (Lipinski definition) is 0. The summed E-state index contributed by atoms with van der Waals surface area (Å²) >= 11 is 1.87. The lowest BCUT2D eigenvalue weighted by molar-refractivity contribution is -0.145. The van der Waals surface area contributed by atoms with Gasteiger partial charge in [0.05, 0.1) is 13.0 Å². The molecule has 0 N–H and O–H groups in total. The van der Waals surface area contributed by atoms with Gasteiger partial charge in [-0.3, -0.25) is 9.59 Å². The van der Waals surface area contributed by atoms with Crippen molar-refractivity contribution in [3.8, 4) is 0 Å². The number of thioether (sulfide) groups is 1. The van der Waals surface area contributed by atoms with E-state index in [1.165, 1.54) is 0 Å². The fourth-order valence-corrected chi connectivity index (χ4v) is 2.92. The van der Waals surface area contributed by atoms with Crippen molar-refractivity contribution in [1.29, 1.82) is 0 Å². The Morgan fingerprint density at radius 3 is 2.75 bits per heavy atom. The number of nitrogens with zero attached hydrogens (tertiary/aromatic N) is 1. The van der Waals surface area contributed by atoms with Gasteiger partial charge in [0.15, 0.2) is 0 Å². The zero-order valence-corrected chi connectivity index (χ0v) is 10.7. The van der Waals surface area contributed by atoms with Gasteiger partial charge < -0.3 is 9.64 Å². The molecule has 0 bridgehead atoms. The van der Waals surface area contributed by atoms with Crippen LogP contribution in [0.3, 0.4) is 0 Å². The van der Waals surface area contributed by atoms with Gasteiger partial charge in [-0.25, -0.2) is 0 Å². The highest BCUT2D eigenvalue weighted by Crippen LogP contribution is 2.21. The second-order valence-electron chi connectivity index (χ2n) is 3.83. The molecule has 0 aromatic rings. The summed E-state index contributed by atoms with van der Waals surface area (Å²) in [5.74, 6) is 1.90. The molecule has 0 spiro atoms. The Labute approximate surface area is 101 Å². The highest BCUT2D eigenvalue weighted by atomic mass is 32.2. The Kier molecular flexibility index (Phi) is 5.66. The summed E-state index contributed by atoms with van der Waals surface area (Å²) in [6.07, 6.45) is 1.51. The molecule has 4 nitrogen and oxygen atoms in total. The molecule has 5 heteroatoms. The van der Waals surface area contributed by atoms with Gasteiger partial charge in [0, 0.05) is 25.3 Å². The maximum Gasteiger partial charge on any atom is 0.306 e. The van der Waals surface area contributed by atoms with Crippen molar-refractivity contribution < 1.29 is 14.3 Å². The van der Waals surface area contributed by atoms with Gasteiger partial charge in [-0.1, -0.05) is 0 Å². The van der Waals surface area contributed by atoms with E-state index >= 15 is 0 Å². The molecular formula is C11H19NO3S. The van der Waals surface area contributed by atoms with Crippen molar-refractivity contribution in [2.75, 3.05) is 25.2 Å². The van der Waals surface area contributed by atoms with Crippen LogP contribution in [0.4, 0.5) is 0 Å². The lowest BCUT2D eigenvalue weighted by Gasteiger charge is -2.23. The van der Waals surface area contributed by atoms with Crippen LogP contribution in [0.2, 0.25) is 0 Å². The third-order valence-electron chi connectivity index (χ3n) is 2.70. The van der Waals surface area contributed by atoms with E-state index in [1.54, 1.807) is 11.8 Å². The number of ether oxygens (including phenoxy) is 1. The summed E-state index contributed by atoms with van der Waals surface area (Å²) in [4.78, 5) is 24.6. The van der Waals surface area contributed by atoms with E-state index in [9.17, 15) is 9.59 Å². The molecule has 92 valence electrons. The van der Waals surface area contributed by atoms with Crippen LogP contribution in [0.25, 0.3) is 0 Å². The molecule has 1 saturated heterocycles. The Bertz CT molecular complexity index is 252. The van der Waals surface area contributed by atoms with Crippen LogP contribution in [0.1, 0.15) is 26.2 Å². The maximum absolute atomic E-state index is 11.7. The van der Waals surface area contributed by atoms with Gasteiger partial charge >= 0.3 is 5.97 Å². The SMILES string of the molecule is CCOC(=O)CCC(=O)N(C)C1CCSC1. The molecular weight excluding hydrogens is 226 g/mol. The number of carbonyl (C=O) groups is 2. The first-order valence-electron chi connectivity index (χ1n) is 5.64. The summed E-state index contributed by atoms with van der Waals surface area (Å²) < 4.78 is 4.78. The van der Waals surface area contributed by atoms with Crippen molar-refractivity contribution >= 4 is 23.6 Å². The third-order valence-corrected chi connectivity index (χ3v) is 3.84. The molecule has 1 fully saturated rings. The van der Waals surface area contributed by atoms with Crippen LogP contribution >= 0.6 is 11.8 Å². The lowest BCUT2D eigenvalue weighted by atomic mass is 10.2. The van der Waals surface area contributed by atoms with Gasteiger partial charge in [-0.15, -0.1) is 0 Å². The summed E-state index contributed by atoms with van der Waals surface area (Å²) in [6, 6.07) is 0.347. The molecule has 0 radical (unpaired) electrons. The Morgan fingerprint density at radius 1 is 1.44 bits per heavy atom. The van der Waals surface area contributed by atoms with Crippen molar-refractivity contribution in [2.45, 2.75) is 32.2 Å². The Morgan fingerprint density at radius 2 is 2.19 bits per heavy atom. The van der Waals surface area contributed by atoms with Crippen LogP contribution in [0.15, 0.2) is 0 Å². The first-order chi connectivity index (χ1) is 7.65. The van der Waals surface area contributed by atoms with E-state index in [4.69, 9.17) is 4.74 Å². The molecule has 1 atom stereocenters. The van der Waals surface area contributed by atoms with Crippen LogP contribution in [-0.4, -0.2) is 48.0 Å². The molecule has 1 heterocycles. The zero-order chi connectivity index (χ0) is 12.0. The average Bonchev–Trinajstić information content (AvgIpc) is 2.78. The van der Waals surface area contributed by atoms with Gasteiger partial charge in [0.1, 0.15) is 0 Å². The summed E-state index contributed by atoms with van der Waals surface area (Å²) in [7, 11) is 1.82. The number of rotatable bonds is 5. The van der Waals surface area contributed by atoms with E-state index in [-0.39, 0.29) is 24.7 Å². The van der Waals surface area contributed by atoms with Gasteiger partial charge in [0.2, 0.25) is 5.91 Å². The quantitative estimate of drug-likeness (QED) is 0.685. The number of carbonyl (C=O) groups excluding carboxylic acids is 2. The van der Waals surface area contributed by atoms with Crippen molar-refractivity contribution in [1.82, 2.24) is 4.90 Å². The molecule has 1 aliphatic heterocycles. The van der Waals surface area contributed by atoms with Crippen LogP contribution < -0.4 is 0 Å². The molecule has 0 saturated carbocycles. The minimum absolute atomic E-state index is 0.0422. The largest absolute Gasteiger partial charge is 0.466 e. The molecule has 1 aliphatic rings. The maximum atomic E-state index is 11.7. The van der Waals surface area contributed by atoms with Crippen molar-refractivity contribution in [3.63, 3.8) is 0 Å². The predicted octanol–water partition coefficient (Wildman–Crippen LogP) is 1.29. The topological polar surface area (TPSA) is 46.6 Å². The third kappa shape index (κ3) is 4.04. The zero-order valence-electron chi connectivity index (χ0n) is 9.90. The second kappa shape index (κ2) is 6.78. The molecule has 0 aromatic carbocycles. The molecule has 0 aromatic heterocycles. The molecule has 1 amide bonds. The first kappa shape index (κ1) is 13.4. The van der Waals surface area contributed by atoms with Crippen LogP contribution in [0.5, 0.6) is 0 Å². The fourth-order valence-electron chi connectivity index (χ4n) is 1.65. The number of amides is 1.